The van der Waals surface area contributed by atoms with Crippen molar-refractivity contribution in [2.75, 3.05) is 46.4 Å². The second-order valence-electron chi connectivity index (χ2n) is 5.54. The van der Waals surface area contributed by atoms with Crippen LogP contribution in [-0.4, -0.2) is 80.1 Å². The average Bonchev–Trinajstić information content (AvgIpc) is 2.47. The molecule has 0 aromatic heterocycles. The molecule has 3 N–H and O–H groups in total. The lowest BCUT2D eigenvalue weighted by Crippen LogP contribution is -2.55. The van der Waals surface area contributed by atoms with Gasteiger partial charge in [-0.3, -0.25) is 14.5 Å². The Kier molecular flexibility index (Phi) is 10.3. The number of nitrogens with two attached hydrogens (primary N) is 1. The average molecular weight is 337 g/mol. The van der Waals surface area contributed by atoms with Crippen LogP contribution in [0, 0.1) is 0 Å². The second kappa shape index (κ2) is 10.8. The minimum Gasteiger partial charge on any atom is -0.383 e. The summed E-state index contributed by atoms with van der Waals surface area (Å²) in [5.74, 6) is -0.0410. The van der Waals surface area contributed by atoms with Crippen molar-refractivity contribution in [3.63, 3.8) is 0 Å². The number of piperazine rings is 1. The number of rotatable bonds is 7. The van der Waals surface area contributed by atoms with Crippen LogP contribution in [0.15, 0.2) is 0 Å². The first-order valence-corrected chi connectivity index (χ1v) is 7.53. The SMILES string of the molecule is CCC(C)NC(=O)CN1CCN(C(=O)C(N)COC)CC1.Cl. The van der Waals surface area contributed by atoms with Crippen molar-refractivity contribution < 1.29 is 14.3 Å². The number of ether oxygens (including phenoxy) is 1. The lowest BCUT2D eigenvalue weighted by Gasteiger charge is -2.35. The number of amides is 2. The van der Waals surface area contributed by atoms with Crippen molar-refractivity contribution in [2.45, 2.75) is 32.4 Å². The quantitative estimate of drug-likeness (QED) is 0.651. The van der Waals surface area contributed by atoms with E-state index >= 15 is 0 Å². The predicted molar refractivity (Wildman–Crippen MR) is 88.0 cm³/mol. The van der Waals surface area contributed by atoms with Gasteiger partial charge in [-0.2, -0.15) is 0 Å². The van der Waals surface area contributed by atoms with E-state index in [-0.39, 0.29) is 36.9 Å². The Hall–Kier alpha value is -0.890. The molecule has 22 heavy (non-hydrogen) atoms. The van der Waals surface area contributed by atoms with Gasteiger partial charge in [0.25, 0.3) is 0 Å². The summed E-state index contributed by atoms with van der Waals surface area (Å²) in [5.41, 5.74) is 5.75. The minimum atomic E-state index is -0.602. The Labute approximate surface area is 138 Å². The molecule has 1 heterocycles. The van der Waals surface area contributed by atoms with Crippen molar-refractivity contribution in [2.24, 2.45) is 5.73 Å². The Balaban J connectivity index is 0.00000441. The van der Waals surface area contributed by atoms with Crippen LogP contribution in [0.2, 0.25) is 0 Å². The molecule has 8 heteroatoms. The molecule has 0 radical (unpaired) electrons. The highest BCUT2D eigenvalue weighted by atomic mass is 35.5. The van der Waals surface area contributed by atoms with Crippen molar-refractivity contribution in [3.05, 3.63) is 0 Å². The van der Waals surface area contributed by atoms with Crippen LogP contribution >= 0.6 is 12.4 Å². The maximum atomic E-state index is 12.0. The molecule has 1 aliphatic heterocycles. The van der Waals surface area contributed by atoms with E-state index in [0.29, 0.717) is 32.7 Å². The zero-order valence-corrected chi connectivity index (χ0v) is 14.5. The molecule has 1 rings (SSSR count). The van der Waals surface area contributed by atoms with E-state index in [2.05, 4.69) is 10.2 Å². The van der Waals surface area contributed by atoms with Crippen LogP contribution in [0.1, 0.15) is 20.3 Å². The molecule has 0 bridgehead atoms. The highest BCUT2D eigenvalue weighted by molar-refractivity contribution is 5.85. The number of carbonyl (C=O) groups excluding carboxylic acids is 2. The van der Waals surface area contributed by atoms with Gasteiger partial charge in [-0.05, 0) is 13.3 Å². The zero-order chi connectivity index (χ0) is 15.8. The fraction of sp³-hybridized carbons (Fsp3) is 0.857. The first-order chi connectivity index (χ1) is 9.97. The zero-order valence-electron chi connectivity index (χ0n) is 13.7. The summed E-state index contributed by atoms with van der Waals surface area (Å²) in [5, 5.41) is 2.95. The van der Waals surface area contributed by atoms with E-state index < -0.39 is 6.04 Å². The highest BCUT2D eigenvalue weighted by Gasteiger charge is 2.25. The fourth-order valence-corrected chi connectivity index (χ4v) is 2.24. The van der Waals surface area contributed by atoms with E-state index in [1.807, 2.05) is 13.8 Å². The molecular formula is C14H29ClN4O3. The largest absolute Gasteiger partial charge is 0.383 e. The molecule has 1 aliphatic rings. The number of carbonyl (C=O) groups is 2. The van der Waals surface area contributed by atoms with Crippen LogP contribution in [-0.2, 0) is 14.3 Å². The third-order valence-corrected chi connectivity index (χ3v) is 3.73. The van der Waals surface area contributed by atoms with Crippen molar-refractivity contribution in [1.29, 1.82) is 0 Å². The van der Waals surface area contributed by atoms with Gasteiger partial charge in [-0.1, -0.05) is 6.92 Å². The van der Waals surface area contributed by atoms with Gasteiger partial charge in [0.15, 0.2) is 0 Å². The normalized spacial score (nSPS) is 18.3. The van der Waals surface area contributed by atoms with Gasteiger partial charge >= 0.3 is 0 Å². The standard InChI is InChI=1S/C14H28N4O3.ClH/c1-4-11(2)16-13(19)9-17-5-7-18(8-6-17)14(20)12(15)10-21-3;/h11-12H,4-10,15H2,1-3H3,(H,16,19);1H. The van der Waals surface area contributed by atoms with Crippen LogP contribution in [0.4, 0.5) is 0 Å². The summed E-state index contributed by atoms with van der Waals surface area (Å²) in [6, 6.07) is -0.400. The van der Waals surface area contributed by atoms with Crippen LogP contribution in [0.3, 0.4) is 0 Å². The van der Waals surface area contributed by atoms with Gasteiger partial charge < -0.3 is 20.7 Å². The van der Waals surface area contributed by atoms with Gasteiger partial charge in [0, 0.05) is 39.3 Å². The summed E-state index contributed by atoms with van der Waals surface area (Å²) in [6.07, 6.45) is 0.922. The molecular weight excluding hydrogens is 308 g/mol. The molecule has 1 fully saturated rings. The van der Waals surface area contributed by atoms with Crippen LogP contribution < -0.4 is 11.1 Å². The maximum absolute atomic E-state index is 12.0. The minimum absolute atomic E-state index is 0. The van der Waals surface area contributed by atoms with E-state index in [1.165, 1.54) is 7.11 Å². The third kappa shape index (κ3) is 6.91. The van der Waals surface area contributed by atoms with Gasteiger partial charge in [0.1, 0.15) is 6.04 Å². The first-order valence-electron chi connectivity index (χ1n) is 7.53. The fourth-order valence-electron chi connectivity index (χ4n) is 2.24. The predicted octanol–water partition coefficient (Wildman–Crippen LogP) is -0.559. The van der Waals surface area contributed by atoms with E-state index in [0.717, 1.165) is 6.42 Å². The Morgan fingerprint density at radius 3 is 2.36 bits per heavy atom. The van der Waals surface area contributed by atoms with Gasteiger partial charge in [-0.15, -0.1) is 12.4 Å². The first kappa shape index (κ1) is 21.1. The molecule has 0 saturated carbocycles. The number of hydrogen-bond donors (Lipinski definition) is 2. The number of nitrogens with one attached hydrogen (secondary N) is 1. The molecule has 2 amide bonds. The molecule has 7 nitrogen and oxygen atoms in total. The van der Waals surface area contributed by atoms with E-state index in [4.69, 9.17) is 10.5 Å². The highest BCUT2D eigenvalue weighted by Crippen LogP contribution is 2.04. The van der Waals surface area contributed by atoms with Gasteiger partial charge in [-0.25, -0.2) is 0 Å². The Morgan fingerprint density at radius 1 is 1.27 bits per heavy atom. The molecule has 2 atom stereocenters. The number of nitrogens with zero attached hydrogens (tertiary/aromatic N) is 2. The lowest BCUT2D eigenvalue weighted by molar-refractivity contribution is -0.135. The number of hydrogen-bond acceptors (Lipinski definition) is 5. The summed E-state index contributed by atoms with van der Waals surface area (Å²) < 4.78 is 4.90. The van der Waals surface area contributed by atoms with Gasteiger partial charge in [0.2, 0.25) is 11.8 Å². The van der Waals surface area contributed by atoms with E-state index in [1.54, 1.807) is 4.90 Å². The molecule has 1 saturated heterocycles. The third-order valence-electron chi connectivity index (χ3n) is 3.73. The number of methoxy groups -OCH3 is 1. The molecule has 130 valence electrons. The Morgan fingerprint density at radius 2 is 1.86 bits per heavy atom. The van der Waals surface area contributed by atoms with E-state index in [9.17, 15) is 9.59 Å². The summed E-state index contributed by atoms with van der Waals surface area (Å²) in [6.45, 7) is 7.25. The Bertz CT molecular complexity index is 349. The summed E-state index contributed by atoms with van der Waals surface area (Å²) >= 11 is 0. The molecule has 0 spiro atoms. The maximum Gasteiger partial charge on any atom is 0.241 e. The van der Waals surface area contributed by atoms with Crippen molar-refractivity contribution in [1.82, 2.24) is 15.1 Å². The monoisotopic (exact) mass is 336 g/mol. The lowest BCUT2D eigenvalue weighted by atomic mass is 10.2. The summed E-state index contributed by atoms with van der Waals surface area (Å²) in [7, 11) is 1.53. The topological polar surface area (TPSA) is 87.9 Å². The van der Waals surface area contributed by atoms with Gasteiger partial charge in [0.05, 0.1) is 13.2 Å². The summed E-state index contributed by atoms with van der Waals surface area (Å²) in [4.78, 5) is 27.6. The second-order valence-corrected chi connectivity index (χ2v) is 5.54. The van der Waals surface area contributed by atoms with Crippen LogP contribution in [0.5, 0.6) is 0 Å². The molecule has 2 unspecified atom stereocenters. The van der Waals surface area contributed by atoms with Crippen molar-refractivity contribution in [3.8, 4) is 0 Å². The molecule has 0 aromatic carbocycles. The molecule has 0 aromatic rings. The molecule has 0 aliphatic carbocycles. The van der Waals surface area contributed by atoms with Crippen molar-refractivity contribution >= 4 is 24.2 Å². The number of halogens is 1. The smallest absolute Gasteiger partial charge is 0.241 e. The van der Waals surface area contributed by atoms with Crippen LogP contribution in [0.25, 0.3) is 0 Å².